The average Bonchev–Trinajstić information content (AvgIpc) is 3.03. The summed E-state index contributed by atoms with van der Waals surface area (Å²) in [4.78, 5) is 133. The van der Waals surface area contributed by atoms with Crippen molar-refractivity contribution in [3.05, 3.63) is 0 Å². The number of hydrogen-bond acceptors (Lipinski definition) is 12. The van der Waals surface area contributed by atoms with Crippen molar-refractivity contribution in [3.8, 4) is 0 Å². The van der Waals surface area contributed by atoms with Crippen molar-refractivity contribution in [1.82, 2.24) is 49.2 Å². The van der Waals surface area contributed by atoms with Gasteiger partial charge in [-0.1, -0.05) is 0 Å². The maximum atomic E-state index is 12.8. The van der Waals surface area contributed by atoms with E-state index in [4.69, 9.17) is 5.73 Å². The van der Waals surface area contributed by atoms with Crippen molar-refractivity contribution in [2.24, 2.45) is 5.73 Å². The van der Waals surface area contributed by atoms with Gasteiger partial charge in [-0.3, -0.25) is 47.9 Å². The predicted molar refractivity (Wildman–Crippen MR) is 182 cm³/mol. The van der Waals surface area contributed by atoms with Gasteiger partial charge in [0.1, 0.15) is 6.54 Å². The molecule has 0 rings (SSSR count). The van der Waals surface area contributed by atoms with E-state index in [2.05, 4.69) is 0 Å². The number of carbonyl (C=O) groups excluding carboxylic acids is 10. The van der Waals surface area contributed by atoms with Crippen LogP contribution in [0.3, 0.4) is 0 Å². The second-order valence-electron chi connectivity index (χ2n) is 12.5. The number of primary amides is 1. The largest absolute Gasteiger partial charge is 0.368 e. The Morgan fingerprint density at radius 2 is 0.442 bits per heavy atom. The summed E-state index contributed by atoms with van der Waals surface area (Å²) in [6, 6.07) is 0. The van der Waals surface area contributed by atoms with Crippen molar-refractivity contribution in [3.63, 3.8) is 0 Å². The Morgan fingerprint density at radius 3 is 0.577 bits per heavy atom. The SMILES string of the molecule is CN(O)CC(=O)N(C)CC(=O)N(C)CC(=O)N(C)CC(=O)N(C)CC(=O)N(C)CC(=O)N(C)CC(=O)N(C)CC(=O)N(C)CC(=O)N(C)CC(N)=O. The molecule has 0 spiro atoms. The minimum atomic E-state index is -0.718. The van der Waals surface area contributed by atoms with E-state index in [1.165, 1.54) is 70.5 Å². The third-order valence-electron chi connectivity index (χ3n) is 7.57. The summed E-state index contributed by atoms with van der Waals surface area (Å²) >= 11 is 0. The van der Waals surface area contributed by atoms with E-state index in [-0.39, 0.29) is 26.2 Å². The molecule has 0 saturated heterocycles. The molecule has 0 aromatic heterocycles. The van der Waals surface area contributed by atoms with Crippen LogP contribution in [0.1, 0.15) is 0 Å². The van der Waals surface area contributed by atoms with E-state index < -0.39 is 98.3 Å². The molecule has 0 aromatic rings. The summed E-state index contributed by atoms with van der Waals surface area (Å²) in [5.74, 6) is -5.92. The normalized spacial score (nSPS) is 10.5. The van der Waals surface area contributed by atoms with Gasteiger partial charge in [-0.05, 0) is 0 Å². The quantitative estimate of drug-likeness (QED) is 0.111. The van der Waals surface area contributed by atoms with Crippen LogP contribution in [0.2, 0.25) is 0 Å². The summed E-state index contributed by atoms with van der Waals surface area (Å²) in [7, 11) is 13.3. The van der Waals surface area contributed by atoms with E-state index in [1.54, 1.807) is 0 Å². The molecule has 294 valence electrons. The third-order valence-corrected chi connectivity index (χ3v) is 7.57. The fourth-order valence-electron chi connectivity index (χ4n) is 3.93. The van der Waals surface area contributed by atoms with E-state index in [0.29, 0.717) is 5.06 Å². The summed E-state index contributed by atoms with van der Waals surface area (Å²) in [6.45, 7) is -3.86. The van der Waals surface area contributed by atoms with Crippen LogP contribution in [0.5, 0.6) is 0 Å². The molecule has 0 aliphatic heterocycles. The van der Waals surface area contributed by atoms with Crippen molar-refractivity contribution in [2.75, 3.05) is 136 Å². The van der Waals surface area contributed by atoms with Gasteiger partial charge in [0.05, 0.1) is 58.9 Å². The Balaban J connectivity index is 4.85. The van der Waals surface area contributed by atoms with Crippen molar-refractivity contribution >= 4 is 59.1 Å². The first-order chi connectivity index (χ1) is 23.9. The molecule has 0 heterocycles. The Labute approximate surface area is 303 Å². The van der Waals surface area contributed by atoms with Crippen LogP contribution in [0.15, 0.2) is 0 Å². The highest BCUT2D eigenvalue weighted by Gasteiger charge is 2.26. The number of hydrogen-bond donors (Lipinski definition) is 2. The van der Waals surface area contributed by atoms with E-state index in [9.17, 15) is 53.2 Å². The lowest BCUT2D eigenvalue weighted by atomic mass is 10.3. The molecular weight excluding hydrogens is 690 g/mol. The predicted octanol–water partition coefficient (Wildman–Crippen LogP) is -6.08. The lowest BCUT2D eigenvalue weighted by Gasteiger charge is -2.27. The summed E-state index contributed by atoms with van der Waals surface area (Å²) in [5.41, 5.74) is 5.06. The number of nitrogens with zero attached hydrogens (tertiary/aromatic N) is 10. The number of nitrogens with two attached hydrogens (primary N) is 1. The lowest BCUT2D eigenvalue weighted by Crippen LogP contribution is -2.49. The van der Waals surface area contributed by atoms with Crippen LogP contribution >= 0.6 is 0 Å². The molecule has 0 fully saturated rings. The van der Waals surface area contributed by atoms with Crippen LogP contribution in [0.4, 0.5) is 0 Å². The highest BCUT2D eigenvalue weighted by molar-refractivity contribution is 5.93. The molecule has 0 radical (unpaired) electrons. The molecule has 0 saturated carbocycles. The molecule has 0 atom stereocenters. The van der Waals surface area contributed by atoms with Crippen molar-refractivity contribution in [1.29, 1.82) is 0 Å². The van der Waals surface area contributed by atoms with Gasteiger partial charge >= 0.3 is 0 Å². The minimum absolute atomic E-state index is 0.322. The molecule has 0 bridgehead atoms. The smallest absolute Gasteiger partial charge is 0.242 e. The Kier molecular flexibility index (Phi) is 19.5. The van der Waals surface area contributed by atoms with Gasteiger partial charge in [-0.25, -0.2) is 0 Å². The first-order valence-electron chi connectivity index (χ1n) is 15.7. The number of hydroxylamine groups is 2. The molecular formula is C30H53N11O11. The van der Waals surface area contributed by atoms with Crippen LogP contribution in [-0.2, 0) is 47.9 Å². The molecule has 10 amide bonds. The van der Waals surface area contributed by atoms with Crippen LogP contribution < -0.4 is 5.73 Å². The topological polar surface area (TPSA) is 249 Å². The van der Waals surface area contributed by atoms with Gasteiger partial charge in [0, 0.05) is 70.5 Å². The zero-order valence-electron chi connectivity index (χ0n) is 31.7. The zero-order valence-corrected chi connectivity index (χ0v) is 31.7. The standard InChI is InChI=1S/C30H53N11O11/c1-32(11-21(31)42)22(43)12-33(2)23(44)13-34(3)24(45)14-35(4)25(46)15-36(5)26(47)16-37(6)27(48)17-38(7)28(49)18-39(8)29(50)19-40(9)30(51)20-41(10)52/h52H,11-20H2,1-10H3,(H2,31,42). The highest BCUT2D eigenvalue weighted by Crippen LogP contribution is 2.00. The van der Waals surface area contributed by atoms with Crippen molar-refractivity contribution in [2.45, 2.75) is 0 Å². The highest BCUT2D eigenvalue weighted by atomic mass is 16.5. The average molecular weight is 744 g/mol. The van der Waals surface area contributed by atoms with Crippen molar-refractivity contribution < 1.29 is 53.2 Å². The van der Waals surface area contributed by atoms with Crippen LogP contribution in [0.25, 0.3) is 0 Å². The Hall–Kier alpha value is -5.38. The monoisotopic (exact) mass is 743 g/mol. The summed E-state index contributed by atoms with van der Waals surface area (Å²) in [5, 5.41) is 9.85. The molecule has 0 aliphatic carbocycles. The van der Waals surface area contributed by atoms with Gasteiger partial charge in [0.2, 0.25) is 59.1 Å². The minimum Gasteiger partial charge on any atom is -0.368 e. The van der Waals surface area contributed by atoms with E-state index >= 15 is 0 Å². The fourth-order valence-corrected chi connectivity index (χ4v) is 3.93. The number of amides is 10. The molecule has 0 aliphatic rings. The molecule has 52 heavy (non-hydrogen) atoms. The van der Waals surface area contributed by atoms with E-state index in [0.717, 1.165) is 44.1 Å². The maximum absolute atomic E-state index is 12.8. The van der Waals surface area contributed by atoms with Crippen LogP contribution in [-0.4, -0.2) is 249 Å². The fraction of sp³-hybridized carbons (Fsp3) is 0.667. The van der Waals surface area contributed by atoms with Gasteiger partial charge in [-0.15, -0.1) is 0 Å². The lowest BCUT2D eigenvalue weighted by molar-refractivity contribution is -0.148. The Morgan fingerprint density at radius 1 is 0.308 bits per heavy atom. The summed E-state index contributed by atoms with van der Waals surface area (Å²) in [6.07, 6.45) is 0. The number of likely N-dealkylation sites (N-methyl/N-ethyl adjacent to an activating group) is 10. The molecule has 22 heteroatoms. The molecule has 0 unspecified atom stereocenters. The summed E-state index contributed by atoms with van der Waals surface area (Å²) < 4.78 is 0. The van der Waals surface area contributed by atoms with Gasteiger partial charge < -0.3 is 55.0 Å². The number of rotatable bonds is 20. The second kappa shape index (κ2) is 21.8. The first-order valence-corrected chi connectivity index (χ1v) is 15.7. The third kappa shape index (κ3) is 17.0. The van der Waals surface area contributed by atoms with Gasteiger partial charge in [0.15, 0.2) is 0 Å². The van der Waals surface area contributed by atoms with Crippen LogP contribution in [0, 0.1) is 0 Å². The maximum Gasteiger partial charge on any atom is 0.242 e. The van der Waals surface area contributed by atoms with Gasteiger partial charge in [0.25, 0.3) is 0 Å². The number of carbonyl (C=O) groups is 10. The zero-order chi connectivity index (χ0) is 40.6. The molecule has 22 nitrogen and oxygen atoms in total. The molecule has 3 N–H and O–H groups in total. The first kappa shape index (κ1) is 46.6. The second-order valence-corrected chi connectivity index (χ2v) is 12.5. The van der Waals surface area contributed by atoms with Gasteiger partial charge in [-0.2, -0.15) is 5.06 Å². The van der Waals surface area contributed by atoms with E-state index in [1.807, 2.05) is 0 Å². The Bertz CT molecular complexity index is 1360. The molecule has 0 aromatic carbocycles.